The normalized spacial score (nSPS) is 22.9. The number of non-ortho nitro benzene ring substituents is 1. The van der Waals surface area contributed by atoms with Gasteiger partial charge >= 0.3 is 0 Å². The van der Waals surface area contributed by atoms with Gasteiger partial charge in [-0.3, -0.25) is 10.1 Å². The van der Waals surface area contributed by atoms with E-state index < -0.39 is 22.2 Å². The number of halogens is 2. The Labute approximate surface area is 115 Å². The van der Waals surface area contributed by atoms with Gasteiger partial charge in [0.25, 0.3) is 5.69 Å². The summed E-state index contributed by atoms with van der Waals surface area (Å²) in [7, 11) is 1.56. The van der Waals surface area contributed by atoms with Crippen molar-refractivity contribution in [3.63, 3.8) is 0 Å². The van der Waals surface area contributed by atoms with Crippen molar-refractivity contribution in [2.45, 2.75) is 19.4 Å². The van der Waals surface area contributed by atoms with Crippen LogP contribution in [0, 0.1) is 27.7 Å². The Morgan fingerprint density at radius 2 is 2.00 bits per heavy atom. The van der Waals surface area contributed by atoms with Gasteiger partial charge in [-0.2, -0.15) is 0 Å². The number of methoxy groups -OCH3 is 1. The molecule has 0 saturated carbocycles. The molecule has 110 valence electrons. The molecule has 0 amide bonds. The van der Waals surface area contributed by atoms with Crippen molar-refractivity contribution in [2.24, 2.45) is 5.92 Å². The van der Waals surface area contributed by atoms with Crippen LogP contribution in [0.2, 0.25) is 0 Å². The van der Waals surface area contributed by atoms with Gasteiger partial charge in [0.2, 0.25) is 0 Å². The standard InChI is InChI=1S/C13H16F2N2O3/c1-8-3-4-16(7-12(8)20-2)13-10(14)5-9(17(18)19)6-11(13)15/h5-6,8,12H,3-4,7H2,1-2H3. The summed E-state index contributed by atoms with van der Waals surface area (Å²) in [4.78, 5) is 11.3. The molecule has 1 aliphatic heterocycles. The molecule has 5 nitrogen and oxygen atoms in total. The summed E-state index contributed by atoms with van der Waals surface area (Å²) in [5, 5.41) is 10.6. The molecule has 1 fully saturated rings. The van der Waals surface area contributed by atoms with E-state index in [2.05, 4.69) is 0 Å². The van der Waals surface area contributed by atoms with E-state index in [1.54, 1.807) is 12.0 Å². The number of nitro groups is 1. The fourth-order valence-corrected chi connectivity index (χ4v) is 2.50. The molecule has 1 aromatic carbocycles. The van der Waals surface area contributed by atoms with Gasteiger partial charge < -0.3 is 9.64 Å². The largest absolute Gasteiger partial charge is 0.379 e. The van der Waals surface area contributed by atoms with Crippen LogP contribution in [0.3, 0.4) is 0 Å². The summed E-state index contributed by atoms with van der Waals surface area (Å²) in [6.07, 6.45) is 0.631. The molecule has 0 spiro atoms. The van der Waals surface area contributed by atoms with Crippen LogP contribution in [-0.2, 0) is 4.74 Å². The van der Waals surface area contributed by atoms with Gasteiger partial charge in [-0.15, -0.1) is 0 Å². The number of hydrogen-bond donors (Lipinski definition) is 0. The third kappa shape index (κ3) is 2.72. The second-order valence-corrected chi connectivity index (χ2v) is 5.00. The lowest BCUT2D eigenvalue weighted by Crippen LogP contribution is -2.44. The maximum atomic E-state index is 14.0. The van der Waals surface area contributed by atoms with Crippen LogP contribution in [0.15, 0.2) is 12.1 Å². The van der Waals surface area contributed by atoms with E-state index in [9.17, 15) is 18.9 Å². The first-order valence-corrected chi connectivity index (χ1v) is 6.35. The van der Waals surface area contributed by atoms with Crippen LogP contribution in [0.4, 0.5) is 20.2 Å². The number of anilines is 1. The zero-order valence-electron chi connectivity index (χ0n) is 11.3. The topological polar surface area (TPSA) is 55.6 Å². The van der Waals surface area contributed by atoms with Crippen LogP contribution in [0.25, 0.3) is 0 Å². The molecule has 20 heavy (non-hydrogen) atoms. The molecule has 1 saturated heterocycles. The quantitative estimate of drug-likeness (QED) is 0.633. The lowest BCUT2D eigenvalue weighted by Gasteiger charge is -2.37. The SMILES string of the molecule is COC1CN(c2c(F)cc([N+](=O)[O-])cc2F)CCC1C. The summed E-state index contributed by atoms with van der Waals surface area (Å²) in [5.41, 5.74) is -0.804. The van der Waals surface area contributed by atoms with Crippen molar-refractivity contribution in [1.82, 2.24) is 0 Å². The number of hydrogen-bond acceptors (Lipinski definition) is 4. The Bertz CT molecular complexity index is 501. The first-order valence-electron chi connectivity index (χ1n) is 6.35. The molecule has 7 heteroatoms. The molecule has 2 rings (SSSR count). The van der Waals surface area contributed by atoms with E-state index in [-0.39, 0.29) is 11.8 Å². The van der Waals surface area contributed by atoms with Crippen molar-refractivity contribution in [3.05, 3.63) is 33.9 Å². The molecule has 1 aliphatic rings. The highest BCUT2D eigenvalue weighted by Crippen LogP contribution is 2.31. The number of nitro benzene ring substituents is 1. The van der Waals surface area contributed by atoms with Gasteiger partial charge in [-0.25, -0.2) is 8.78 Å². The number of piperidine rings is 1. The minimum Gasteiger partial charge on any atom is -0.379 e. The highest BCUT2D eigenvalue weighted by Gasteiger charge is 2.30. The van der Waals surface area contributed by atoms with E-state index >= 15 is 0 Å². The molecule has 2 unspecified atom stereocenters. The van der Waals surface area contributed by atoms with Crippen LogP contribution in [0.5, 0.6) is 0 Å². The Balaban J connectivity index is 2.31. The maximum absolute atomic E-state index is 14.0. The van der Waals surface area contributed by atoms with E-state index in [1.807, 2.05) is 6.92 Å². The predicted molar refractivity (Wildman–Crippen MR) is 69.8 cm³/mol. The Hall–Kier alpha value is -1.76. The fourth-order valence-electron chi connectivity index (χ4n) is 2.50. The van der Waals surface area contributed by atoms with Crippen molar-refractivity contribution in [2.75, 3.05) is 25.1 Å². The summed E-state index contributed by atoms with van der Waals surface area (Å²) in [5.74, 6) is -1.53. The smallest absolute Gasteiger partial charge is 0.275 e. The maximum Gasteiger partial charge on any atom is 0.275 e. The lowest BCUT2D eigenvalue weighted by molar-refractivity contribution is -0.385. The third-order valence-electron chi connectivity index (χ3n) is 3.72. The van der Waals surface area contributed by atoms with Gasteiger partial charge in [0.1, 0.15) is 5.69 Å². The number of benzene rings is 1. The van der Waals surface area contributed by atoms with Gasteiger partial charge in [-0.1, -0.05) is 6.92 Å². The Morgan fingerprint density at radius 3 is 2.50 bits per heavy atom. The minimum atomic E-state index is -0.916. The Morgan fingerprint density at radius 1 is 1.40 bits per heavy atom. The van der Waals surface area contributed by atoms with Gasteiger partial charge in [0, 0.05) is 20.2 Å². The summed E-state index contributed by atoms with van der Waals surface area (Å²) < 4.78 is 33.2. The van der Waals surface area contributed by atoms with E-state index in [0.717, 1.165) is 18.6 Å². The van der Waals surface area contributed by atoms with Gasteiger partial charge in [0.15, 0.2) is 11.6 Å². The van der Waals surface area contributed by atoms with Crippen LogP contribution >= 0.6 is 0 Å². The van der Waals surface area contributed by atoms with Crippen molar-refractivity contribution >= 4 is 11.4 Å². The van der Waals surface area contributed by atoms with E-state index in [0.29, 0.717) is 19.0 Å². The molecule has 0 radical (unpaired) electrons. The van der Waals surface area contributed by atoms with Crippen molar-refractivity contribution < 1.29 is 18.4 Å². The average molecular weight is 286 g/mol. The van der Waals surface area contributed by atoms with Gasteiger partial charge in [0.05, 0.1) is 23.2 Å². The predicted octanol–water partition coefficient (Wildman–Crippen LogP) is 2.73. The molecule has 2 atom stereocenters. The molecule has 0 aliphatic carbocycles. The van der Waals surface area contributed by atoms with Crippen LogP contribution in [-0.4, -0.2) is 31.2 Å². The number of ether oxygens (including phenoxy) is 1. The molecule has 0 aromatic heterocycles. The summed E-state index contributed by atoms with van der Waals surface area (Å²) >= 11 is 0. The molecule has 1 aromatic rings. The first-order chi connectivity index (χ1) is 9.43. The Kier molecular flexibility index (Phi) is 4.17. The zero-order chi connectivity index (χ0) is 14.9. The monoisotopic (exact) mass is 286 g/mol. The second-order valence-electron chi connectivity index (χ2n) is 5.00. The average Bonchev–Trinajstić information content (AvgIpc) is 2.39. The number of nitrogens with zero attached hydrogens (tertiary/aromatic N) is 2. The summed E-state index contributed by atoms with van der Waals surface area (Å²) in [6.45, 7) is 2.88. The highest BCUT2D eigenvalue weighted by molar-refractivity contribution is 5.54. The first kappa shape index (κ1) is 14.6. The molecular formula is C13H16F2N2O3. The van der Waals surface area contributed by atoms with Crippen molar-refractivity contribution in [3.8, 4) is 0 Å². The van der Waals surface area contributed by atoms with E-state index in [1.165, 1.54) is 0 Å². The lowest BCUT2D eigenvalue weighted by atomic mass is 9.95. The van der Waals surface area contributed by atoms with Crippen LogP contribution < -0.4 is 4.90 Å². The summed E-state index contributed by atoms with van der Waals surface area (Å²) in [6, 6.07) is 1.50. The second kappa shape index (κ2) is 5.70. The molecule has 0 bridgehead atoms. The zero-order valence-corrected chi connectivity index (χ0v) is 11.3. The number of rotatable bonds is 3. The molecule has 0 N–H and O–H groups in total. The van der Waals surface area contributed by atoms with Gasteiger partial charge in [-0.05, 0) is 12.3 Å². The van der Waals surface area contributed by atoms with Crippen molar-refractivity contribution in [1.29, 1.82) is 0 Å². The molecule has 1 heterocycles. The minimum absolute atomic E-state index is 0.113. The highest BCUT2D eigenvalue weighted by atomic mass is 19.1. The fraction of sp³-hybridized carbons (Fsp3) is 0.538. The van der Waals surface area contributed by atoms with E-state index in [4.69, 9.17) is 4.74 Å². The third-order valence-corrected chi connectivity index (χ3v) is 3.72. The van der Waals surface area contributed by atoms with Crippen LogP contribution in [0.1, 0.15) is 13.3 Å². The molecular weight excluding hydrogens is 270 g/mol.